The zero-order chi connectivity index (χ0) is 14.1. The Bertz CT molecular complexity index is 763. The molecule has 3 N–H and O–H groups in total. The zero-order valence-electron chi connectivity index (χ0n) is 10.6. The number of hydrogen-bond acceptors (Lipinski definition) is 5. The molecule has 0 saturated carbocycles. The van der Waals surface area contributed by atoms with Crippen LogP contribution in [0.4, 0.5) is 0 Å². The van der Waals surface area contributed by atoms with Crippen molar-refractivity contribution in [2.75, 3.05) is 7.11 Å². The maximum Gasteiger partial charge on any atom is 0.252 e. The van der Waals surface area contributed by atoms with Crippen molar-refractivity contribution in [3.8, 4) is 17.1 Å². The second kappa shape index (κ2) is 4.61. The highest BCUT2D eigenvalue weighted by Gasteiger charge is 2.12. The lowest BCUT2D eigenvalue weighted by atomic mass is 10.1. The minimum Gasteiger partial charge on any atom is -0.496 e. The standard InChI is InChI=1S/C13H11N5O2/c1-20-11-3-2-7(4-8(11)12(14)19)13-17-9-5-15-16-6-10(9)18-13/h2-6H,1H3,(H2,14,19)(H,17,18). The molecule has 2 aromatic heterocycles. The van der Waals surface area contributed by atoms with Crippen molar-refractivity contribution in [2.45, 2.75) is 0 Å². The summed E-state index contributed by atoms with van der Waals surface area (Å²) in [6.07, 6.45) is 3.15. The van der Waals surface area contributed by atoms with E-state index in [-0.39, 0.29) is 0 Å². The highest BCUT2D eigenvalue weighted by Crippen LogP contribution is 2.25. The number of amides is 1. The van der Waals surface area contributed by atoms with Crippen LogP contribution >= 0.6 is 0 Å². The average molecular weight is 269 g/mol. The third kappa shape index (κ3) is 1.95. The molecular formula is C13H11N5O2. The molecule has 2 heterocycles. The summed E-state index contributed by atoms with van der Waals surface area (Å²) in [5, 5.41) is 7.54. The molecule has 20 heavy (non-hydrogen) atoms. The Morgan fingerprint density at radius 3 is 2.80 bits per heavy atom. The van der Waals surface area contributed by atoms with Gasteiger partial charge < -0.3 is 15.5 Å². The number of carbonyl (C=O) groups is 1. The molecule has 3 rings (SSSR count). The van der Waals surface area contributed by atoms with E-state index in [1.165, 1.54) is 7.11 Å². The first-order chi connectivity index (χ1) is 9.69. The van der Waals surface area contributed by atoms with Crippen LogP contribution in [0.2, 0.25) is 0 Å². The van der Waals surface area contributed by atoms with Gasteiger partial charge in [-0.1, -0.05) is 0 Å². The van der Waals surface area contributed by atoms with E-state index in [0.29, 0.717) is 22.7 Å². The average Bonchev–Trinajstić information content (AvgIpc) is 2.90. The monoisotopic (exact) mass is 269 g/mol. The number of primary amides is 1. The molecule has 0 aliphatic heterocycles. The van der Waals surface area contributed by atoms with Crippen LogP contribution in [0, 0.1) is 0 Å². The van der Waals surface area contributed by atoms with Gasteiger partial charge in [-0.25, -0.2) is 4.98 Å². The van der Waals surface area contributed by atoms with Crippen molar-refractivity contribution < 1.29 is 9.53 Å². The Hall–Kier alpha value is -2.96. The van der Waals surface area contributed by atoms with Crippen molar-refractivity contribution in [1.29, 1.82) is 0 Å². The molecular weight excluding hydrogens is 258 g/mol. The summed E-state index contributed by atoms with van der Waals surface area (Å²) in [5.74, 6) is 0.490. The number of ether oxygens (including phenoxy) is 1. The molecule has 0 radical (unpaired) electrons. The van der Waals surface area contributed by atoms with Crippen LogP contribution in [0.15, 0.2) is 30.6 Å². The number of benzene rings is 1. The van der Waals surface area contributed by atoms with E-state index in [1.807, 2.05) is 0 Å². The minimum absolute atomic E-state index is 0.307. The van der Waals surface area contributed by atoms with E-state index >= 15 is 0 Å². The Morgan fingerprint density at radius 2 is 2.10 bits per heavy atom. The van der Waals surface area contributed by atoms with E-state index in [1.54, 1.807) is 30.6 Å². The summed E-state index contributed by atoms with van der Waals surface area (Å²) in [7, 11) is 1.49. The molecule has 0 unspecified atom stereocenters. The number of imidazole rings is 1. The molecule has 0 spiro atoms. The van der Waals surface area contributed by atoms with E-state index in [2.05, 4.69) is 20.2 Å². The van der Waals surface area contributed by atoms with Crippen molar-refractivity contribution in [3.05, 3.63) is 36.2 Å². The smallest absolute Gasteiger partial charge is 0.252 e. The number of carbonyl (C=O) groups excluding carboxylic acids is 1. The fourth-order valence-electron chi connectivity index (χ4n) is 1.96. The fourth-order valence-corrected chi connectivity index (χ4v) is 1.96. The quantitative estimate of drug-likeness (QED) is 0.741. The second-order valence-electron chi connectivity index (χ2n) is 4.15. The van der Waals surface area contributed by atoms with Gasteiger partial charge in [-0.15, -0.1) is 0 Å². The van der Waals surface area contributed by atoms with Crippen molar-refractivity contribution in [3.63, 3.8) is 0 Å². The number of hydrogen-bond donors (Lipinski definition) is 2. The SMILES string of the molecule is COc1ccc(-c2nc3cnncc3[nH]2)cc1C(N)=O. The molecule has 1 aromatic carbocycles. The van der Waals surface area contributed by atoms with Gasteiger partial charge >= 0.3 is 0 Å². The molecule has 0 aliphatic rings. The van der Waals surface area contributed by atoms with Gasteiger partial charge in [0.25, 0.3) is 5.91 Å². The molecule has 3 aromatic rings. The first kappa shape index (κ1) is 12.1. The van der Waals surface area contributed by atoms with Gasteiger partial charge in [-0.05, 0) is 18.2 Å². The van der Waals surface area contributed by atoms with Crippen molar-refractivity contribution >= 4 is 16.9 Å². The Kier molecular flexibility index (Phi) is 2.79. The summed E-state index contributed by atoms with van der Waals surface area (Å²) in [6.45, 7) is 0. The lowest BCUT2D eigenvalue weighted by molar-refractivity contribution is 0.0997. The van der Waals surface area contributed by atoms with Gasteiger partial charge in [-0.3, -0.25) is 4.79 Å². The summed E-state index contributed by atoms with van der Waals surface area (Å²) in [4.78, 5) is 18.9. The second-order valence-corrected chi connectivity index (χ2v) is 4.15. The van der Waals surface area contributed by atoms with Crippen LogP contribution in [0.5, 0.6) is 5.75 Å². The van der Waals surface area contributed by atoms with Crippen LogP contribution in [-0.4, -0.2) is 33.2 Å². The van der Waals surface area contributed by atoms with Gasteiger partial charge in [0, 0.05) is 5.56 Å². The number of nitrogens with zero attached hydrogens (tertiary/aromatic N) is 3. The van der Waals surface area contributed by atoms with Crippen LogP contribution in [-0.2, 0) is 0 Å². The Labute approximate surface area is 113 Å². The summed E-state index contributed by atoms with van der Waals surface area (Å²) < 4.78 is 5.10. The summed E-state index contributed by atoms with van der Waals surface area (Å²) in [6, 6.07) is 5.11. The van der Waals surface area contributed by atoms with Crippen LogP contribution in [0.3, 0.4) is 0 Å². The maximum absolute atomic E-state index is 11.4. The normalized spacial score (nSPS) is 10.7. The molecule has 7 heteroatoms. The number of nitrogens with two attached hydrogens (primary N) is 1. The number of fused-ring (bicyclic) bond motifs is 1. The largest absolute Gasteiger partial charge is 0.496 e. The topological polar surface area (TPSA) is 107 Å². The summed E-state index contributed by atoms with van der Waals surface area (Å²) >= 11 is 0. The lowest BCUT2D eigenvalue weighted by Crippen LogP contribution is -2.12. The van der Waals surface area contributed by atoms with Gasteiger partial charge in [-0.2, -0.15) is 10.2 Å². The number of methoxy groups -OCH3 is 1. The molecule has 0 bridgehead atoms. The zero-order valence-corrected chi connectivity index (χ0v) is 10.6. The Balaban J connectivity index is 2.14. The van der Waals surface area contributed by atoms with E-state index < -0.39 is 5.91 Å². The number of nitrogens with one attached hydrogen (secondary N) is 1. The van der Waals surface area contributed by atoms with Crippen molar-refractivity contribution in [2.24, 2.45) is 5.73 Å². The predicted octanol–water partition coefficient (Wildman–Crippen LogP) is 1.13. The predicted molar refractivity (Wildman–Crippen MR) is 72.2 cm³/mol. The Morgan fingerprint density at radius 1 is 1.30 bits per heavy atom. The van der Waals surface area contributed by atoms with Crippen LogP contribution < -0.4 is 10.5 Å². The third-order valence-corrected chi connectivity index (χ3v) is 2.93. The molecule has 0 aliphatic carbocycles. The molecule has 0 atom stereocenters. The fraction of sp³-hybridized carbons (Fsp3) is 0.0769. The highest BCUT2D eigenvalue weighted by atomic mass is 16.5. The van der Waals surface area contributed by atoms with E-state index in [9.17, 15) is 4.79 Å². The number of aromatic nitrogens is 4. The minimum atomic E-state index is -0.553. The lowest BCUT2D eigenvalue weighted by Gasteiger charge is -2.06. The van der Waals surface area contributed by atoms with Gasteiger partial charge in [0.15, 0.2) is 0 Å². The van der Waals surface area contributed by atoms with Gasteiger partial charge in [0.2, 0.25) is 0 Å². The number of H-pyrrole nitrogens is 1. The third-order valence-electron chi connectivity index (χ3n) is 2.93. The first-order valence-electron chi connectivity index (χ1n) is 5.83. The molecule has 0 fully saturated rings. The first-order valence-corrected chi connectivity index (χ1v) is 5.83. The van der Waals surface area contributed by atoms with Crippen molar-refractivity contribution in [1.82, 2.24) is 20.2 Å². The highest BCUT2D eigenvalue weighted by molar-refractivity contribution is 5.97. The molecule has 0 saturated heterocycles. The van der Waals surface area contributed by atoms with Gasteiger partial charge in [0.05, 0.1) is 30.6 Å². The van der Waals surface area contributed by atoms with Crippen LogP contribution in [0.25, 0.3) is 22.4 Å². The molecule has 100 valence electrons. The number of aromatic amines is 1. The number of rotatable bonds is 3. The van der Waals surface area contributed by atoms with Gasteiger partial charge in [0.1, 0.15) is 17.1 Å². The van der Waals surface area contributed by atoms with E-state index in [4.69, 9.17) is 10.5 Å². The van der Waals surface area contributed by atoms with E-state index in [0.717, 1.165) is 11.1 Å². The molecule has 1 amide bonds. The summed E-state index contributed by atoms with van der Waals surface area (Å²) in [5.41, 5.74) is 7.85. The molecule has 7 nitrogen and oxygen atoms in total. The maximum atomic E-state index is 11.4. The van der Waals surface area contributed by atoms with Crippen LogP contribution in [0.1, 0.15) is 10.4 Å².